The van der Waals surface area contributed by atoms with Crippen LogP contribution in [0.3, 0.4) is 0 Å². The zero-order chi connectivity index (χ0) is 10.3. The highest BCUT2D eigenvalue weighted by atomic mass is 79.9. The Hall–Kier alpha value is -0.650. The number of thiophene rings is 1. The van der Waals surface area contributed by atoms with E-state index in [0.29, 0.717) is 13.2 Å². The standard InChI is InChI=1S/C10H8BrNO2S/c11-8-3-12-10(14-6-4-13-5-6)9-7(8)1-2-15-9/h1-3,6H,4-5H2. The summed E-state index contributed by atoms with van der Waals surface area (Å²) in [5.74, 6) is 0.719. The van der Waals surface area contributed by atoms with Gasteiger partial charge in [0.05, 0.1) is 17.9 Å². The van der Waals surface area contributed by atoms with Crippen LogP contribution in [-0.4, -0.2) is 24.3 Å². The molecule has 2 aromatic heterocycles. The summed E-state index contributed by atoms with van der Waals surface area (Å²) < 4.78 is 12.9. The van der Waals surface area contributed by atoms with E-state index in [9.17, 15) is 0 Å². The summed E-state index contributed by atoms with van der Waals surface area (Å²) in [7, 11) is 0. The molecule has 0 spiro atoms. The Balaban J connectivity index is 2.02. The number of fused-ring (bicyclic) bond motifs is 1. The highest BCUT2D eigenvalue weighted by Crippen LogP contribution is 2.34. The van der Waals surface area contributed by atoms with Crippen LogP contribution in [0.5, 0.6) is 5.88 Å². The van der Waals surface area contributed by atoms with Crippen molar-refractivity contribution in [1.82, 2.24) is 4.98 Å². The molecular formula is C10H8BrNO2S. The molecule has 15 heavy (non-hydrogen) atoms. The second-order valence-corrected chi connectivity index (χ2v) is 5.12. The van der Waals surface area contributed by atoms with Gasteiger partial charge in [0.2, 0.25) is 5.88 Å². The van der Waals surface area contributed by atoms with E-state index in [4.69, 9.17) is 9.47 Å². The van der Waals surface area contributed by atoms with Crippen molar-refractivity contribution >= 4 is 37.4 Å². The molecule has 0 aromatic carbocycles. The van der Waals surface area contributed by atoms with Crippen molar-refractivity contribution in [3.63, 3.8) is 0 Å². The molecule has 3 rings (SSSR count). The molecular weight excluding hydrogens is 278 g/mol. The first kappa shape index (κ1) is 9.57. The van der Waals surface area contributed by atoms with Gasteiger partial charge in [-0.25, -0.2) is 4.98 Å². The zero-order valence-corrected chi connectivity index (χ0v) is 10.2. The lowest BCUT2D eigenvalue weighted by molar-refractivity contribution is -0.0806. The lowest BCUT2D eigenvalue weighted by atomic mass is 10.3. The molecule has 3 nitrogen and oxygen atoms in total. The molecule has 0 atom stereocenters. The van der Waals surface area contributed by atoms with Gasteiger partial charge in [0.25, 0.3) is 0 Å². The Bertz CT molecular complexity index is 495. The first-order chi connectivity index (χ1) is 7.34. The van der Waals surface area contributed by atoms with E-state index in [0.717, 1.165) is 20.4 Å². The van der Waals surface area contributed by atoms with Gasteiger partial charge in [-0.15, -0.1) is 11.3 Å². The summed E-state index contributed by atoms with van der Waals surface area (Å²) in [5.41, 5.74) is 0. The first-order valence-corrected chi connectivity index (χ1v) is 6.28. The van der Waals surface area contributed by atoms with Crippen LogP contribution >= 0.6 is 27.3 Å². The number of hydrogen-bond donors (Lipinski definition) is 0. The molecule has 2 aromatic rings. The van der Waals surface area contributed by atoms with Crippen LogP contribution in [-0.2, 0) is 4.74 Å². The summed E-state index contributed by atoms with van der Waals surface area (Å²) >= 11 is 5.12. The highest BCUT2D eigenvalue weighted by Gasteiger charge is 2.22. The molecule has 0 amide bonds. The molecule has 0 radical (unpaired) electrons. The maximum atomic E-state index is 5.73. The van der Waals surface area contributed by atoms with E-state index in [1.165, 1.54) is 0 Å². The van der Waals surface area contributed by atoms with E-state index in [1.807, 2.05) is 5.38 Å². The van der Waals surface area contributed by atoms with Crippen LogP contribution in [0.1, 0.15) is 0 Å². The molecule has 5 heteroatoms. The molecule has 1 saturated heterocycles. The summed E-state index contributed by atoms with van der Waals surface area (Å²) in [5, 5.41) is 3.20. The smallest absolute Gasteiger partial charge is 0.232 e. The summed E-state index contributed by atoms with van der Waals surface area (Å²) in [6, 6.07) is 2.07. The van der Waals surface area contributed by atoms with Gasteiger partial charge in [-0.1, -0.05) is 0 Å². The van der Waals surface area contributed by atoms with Gasteiger partial charge < -0.3 is 9.47 Å². The summed E-state index contributed by atoms with van der Waals surface area (Å²) in [4.78, 5) is 4.29. The highest BCUT2D eigenvalue weighted by molar-refractivity contribution is 9.10. The molecule has 0 saturated carbocycles. The minimum atomic E-state index is 0.170. The van der Waals surface area contributed by atoms with Crippen LogP contribution in [0.4, 0.5) is 0 Å². The van der Waals surface area contributed by atoms with Gasteiger partial charge in [-0.2, -0.15) is 0 Å². The van der Waals surface area contributed by atoms with Gasteiger partial charge >= 0.3 is 0 Å². The topological polar surface area (TPSA) is 31.4 Å². The number of hydrogen-bond acceptors (Lipinski definition) is 4. The Morgan fingerprint density at radius 2 is 2.40 bits per heavy atom. The number of nitrogens with zero attached hydrogens (tertiary/aromatic N) is 1. The van der Waals surface area contributed by atoms with E-state index in [2.05, 4.69) is 27.0 Å². The molecule has 1 aliphatic rings. The van der Waals surface area contributed by atoms with Crippen LogP contribution in [0.15, 0.2) is 22.1 Å². The minimum Gasteiger partial charge on any atom is -0.468 e. The van der Waals surface area contributed by atoms with Gasteiger partial charge in [0.1, 0.15) is 6.10 Å². The van der Waals surface area contributed by atoms with Crippen molar-refractivity contribution in [3.8, 4) is 5.88 Å². The fraction of sp³-hybridized carbons (Fsp3) is 0.300. The maximum Gasteiger partial charge on any atom is 0.232 e. The molecule has 1 fully saturated rings. The zero-order valence-electron chi connectivity index (χ0n) is 7.77. The van der Waals surface area contributed by atoms with Crippen molar-refractivity contribution in [2.75, 3.05) is 13.2 Å². The summed E-state index contributed by atoms with van der Waals surface area (Å²) in [6.45, 7) is 1.34. The molecule has 0 unspecified atom stereocenters. The monoisotopic (exact) mass is 285 g/mol. The third kappa shape index (κ3) is 1.64. The van der Waals surface area contributed by atoms with Gasteiger partial charge in [-0.05, 0) is 27.4 Å². The normalized spacial score (nSPS) is 16.6. The van der Waals surface area contributed by atoms with Crippen molar-refractivity contribution in [3.05, 3.63) is 22.1 Å². The lowest BCUT2D eigenvalue weighted by Gasteiger charge is -2.26. The quantitative estimate of drug-likeness (QED) is 0.850. The largest absolute Gasteiger partial charge is 0.468 e. The maximum absolute atomic E-state index is 5.73. The van der Waals surface area contributed by atoms with Crippen molar-refractivity contribution in [2.24, 2.45) is 0 Å². The Labute approximate surface area is 99.2 Å². The van der Waals surface area contributed by atoms with Crippen LogP contribution < -0.4 is 4.74 Å². The average molecular weight is 286 g/mol. The third-order valence-electron chi connectivity index (χ3n) is 2.30. The predicted molar refractivity (Wildman–Crippen MR) is 62.6 cm³/mol. The lowest BCUT2D eigenvalue weighted by Crippen LogP contribution is -2.38. The van der Waals surface area contributed by atoms with Crippen LogP contribution in [0.25, 0.3) is 10.1 Å². The number of aromatic nitrogens is 1. The fourth-order valence-corrected chi connectivity index (χ4v) is 2.84. The molecule has 3 heterocycles. The van der Waals surface area contributed by atoms with Gasteiger partial charge in [0, 0.05) is 16.1 Å². The number of halogens is 1. The van der Waals surface area contributed by atoms with Crippen molar-refractivity contribution < 1.29 is 9.47 Å². The van der Waals surface area contributed by atoms with E-state index < -0.39 is 0 Å². The number of ether oxygens (including phenoxy) is 2. The van der Waals surface area contributed by atoms with Gasteiger partial charge in [-0.3, -0.25) is 0 Å². The molecule has 0 aliphatic carbocycles. The van der Waals surface area contributed by atoms with Crippen LogP contribution in [0, 0.1) is 0 Å². The fourth-order valence-electron chi connectivity index (χ4n) is 1.43. The van der Waals surface area contributed by atoms with Gasteiger partial charge in [0.15, 0.2) is 0 Å². The SMILES string of the molecule is Brc1cnc(OC2COC2)c2sccc12. The van der Waals surface area contributed by atoms with Crippen molar-refractivity contribution in [1.29, 1.82) is 0 Å². The second-order valence-electron chi connectivity index (χ2n) is 3.35. The number of rotatable bonds is 2. The average Bonchev–Trinajstić information content (AvgIpc) is 2.63. The Morgan fingerprint density at radius 3 is 3.13 bits per heavy atom. The second kappa shape index (κ2) is 3.73. The third-order valence-corrected chi connectivity index (χ3v) is 3.83. The summed E-state index contributed by atoms with van der Waals surface area (Å²) in [6.07, 6.45) is 1.95. The molecule has 1 aliphatic heterocycles. The first-order valence-electron chi connectivity index (χ1n) is 4.60. The number of pyridine rings is 1. The minimum absolute atomic E-state index is 0.170. The van der Waals surface area contributed by atoms with E-state index in [1.54, 1.807) is 17.5 Å². The molecule has 0 N–H and O–H groups in total. The molecule has 78 valence electrons. The van der Waals surface area contributed by atoms with E-state index >= 15 is 0 Å². The van der Waals surface area contributed by atoms with E-state index in [-0.39, 0.29) is 6.10 Å². The predicted octanol–water partition coefficient (Wildman–Crippen LogP) is 2.84. The van der Waals surface area contributed by atoms with Crippen LogP contribution in [0.2, 0.25) is 0 Å². The van der Waals surface area contributed by atoms with Crippen molar-refractivity contribution in [2.45, 2.75) is 6.10 Å². The Morgan fingerprint density at radius 1 is 1.53 bits per heavy atom. The Kier molecular flexibility index (Phi) is 2.38. The molecule has 0 bridgehead atoms.